The Morgan fingerprint density at radius 2 is 1.59 bits per heavy atom. The van der Waals surface area contributed by atoms with Crippen LogP contribution in [0.25, 0.3) is 0 Å². The Kier molecular flexibility index (Phi) is 2.56. The lowest BCUT2D eigenvalue weighted by atomic mass is 9.52. The zero-order chi connectivity index (χ0) is 11.9. The smallest absolute Gasteiger partial charge is 0.0689 e. The van der Waals surface area contributed by atoms with Gasteiger partial charge in [-0.1, -0.05) is 34.1 Å². The maximum atomic E-state index is 9.32. The van der Waals surface area contributed by atoms with E-state index in [4.69, 9.17) is 0 Å². The van der Waals surface area contributed by atoms with E-state index in [0.29, 0.717) is 5.41 Å². The fourth-order valence-electron chi connectivity index (χ4n) is 3.65. The summed E-state index contributed by atoms with van der Waals surface area (Å²) in [6.45, 7) is 0. The van der Waals surface area contributed by atoms with Crippen LogP contribution in [-0.2, 0) is 5.41 Å². The first kappa shape index (κ1) is 11.3. The van der Waals surface area contributed by atoms with Crippen molar-refractivity contribution in [1.29, 1.82) is 5.26 Å². The molecule has 17 heavy (non-hydrogen) atoms. The van der Waals surface area contributed by atoms with E-state index < -0.39 is 0 Å². The highest BCUT2D eigenvalue weighted by Crippen LogP contribution is 2.58. The first-order valence-corrected chi connectivity index (χ1v) is 7.15. The molecule has 0 unspecified atom stereocenters. The predicted molar refractivity (Wildman–Crippen MR) is 71.6 cm³/mol. The molecule has 3 saturated carbocycles. The molecule has 3 aliphatic rings. The molecule has 0 atom stereocenters. The molecule has 0 N–H and O–H groups in total. The molecule has 0 saturated heterocycles. The lowest BCUT2D eigenvalue weighted by Gasteiger charge is -2.51. The maximum absolute atomic E-state index is 9.32. The second kappa shape index (κ2) is 3.85. The van der Waals surface area contributed by atoms with Crippen LogP contribution in [0.15, 0.2) is 28.7 Å². The van der Waals surface area contributed by atoms with Crippen LogP contribution in [0, 0.1) is 16.7 Å². The van der Waals surface area contributed by atoms with Crippen molar-refractivity contribution in [3.8, 4) is 6.07 Å². The van der Waals surface area contributed by atoms with Crippen LogP contribution < -0.4 is 0 Å². The molecular weight excluding hydrogens is 274 g/mol. The van der Waals surface area contributed by atoms with E-state index in [-0.39, 0.29) is 5.41 Å². The van der Waals surface area contributed by atoms with Crippen LogP contribution in [0.5, 0.6) is 0 Å². The third kappa shape index (κ3) is 1.64. The summed E-state index contributed by atoms with van der Waals surface area (Å²) in [4.78, 5) is 0. The summed E-state index contributed by atoms with van der Waals surface area (Å²) in [6.07, 6.45) is 6.82. The maximum Gasteiger partial charge on any atom is 0.0689 e. The number of nitriles is 1. The zero-order valence-electron chi connectivity index (χ0n) is 9.88. The highest BCUT2D eigenvalue weighted by atomic mass is 79.9. The minimum absolute atomic E-state index is 0.0169. The van der Waals surface area contributed by atoms with Crippen molar-refractivity contribution in [3.63, 3.8) is 0 Å². The van der Waals surface area contributed by atoms with Gasteiger partial charge in [-0.15, -0.1) is 0 Å². The molecule has 88 valence electrons. The van der Waals surface area contributed by atoms with Gasteiger partial charge in [-0.25, -0.2) is 0 Å². The Bertz CT molecular complexity index is 461. The van der Waals surface area contributed by atoms with Gasteiger partial charge in [0.1, 0.15) is 0 Å². The van der Waals surface area contributed by atoms with Crippen LogP contribution >= 0.6 is 15.9 Å². The molecule has 0 aromatic heterocycles. The lowest BCUT2D eigenvalue weighted by Crippen LogP contribution is -2.43. The van der Waals surface area contributed by atoms with Gasteiger partial charge in [0.15, 0.2) is 0 Å². The quantitative estimate of drug-likeness (QED) is 0.743. The third-order valence-electron chi connectivity index (χ3n) is 4.93. The highest BCUT2D eigenvalue weighted by molar-refractivity contribution is 9.10. The Morgan fingerprint density at radius 3 is 2.12 bits per heavy atom. The van der Waals surface area contributed by atoms with Crippen LogP contribution in [0.4, 0.5) is 0 Å². The molecule has 1 aromatic rings. The number of nitrogens with zero attached hydrogens (tertiary/aromatic N) is 1. The van der Waals surface area contributed by atoms with Gasteiger partial charge < -0.3 is 0 Å². The molecule has 0 heterocycles. The number of hydrogen-bond donors (Lipinski definition) is 0. The second-order valence-electron chi connectivity index (χ2n) is 5.65. The van der Waals surface area contributed by atoms with E-state index in [1.54, 1.807) is 0 Å². The standard InChI is InChI=1S/C15H16BrN/c16-13-4-2-1-3-12(13)15-8-5-14(11-17,6-9-15)7-10-15/h1-4H,5-10H2. The van der Waals surface area contributed by atoms with Crippen molar-refractivity contribution in [3.05, 3.63) is 34.3 Å². The molecule has 0 spiro atoms. The molecule has 2 heteroatoms. The number of hydrogen-bond acceptors (Lipinski definition) is 1. The van der Waals surface area contributed by atoms with Crippen LogP contribution in [0.2, 0.25) is 0 Å². The number of halogens is 1. The van der Waals surface area contributed by atoms with E-state index in [1.165, 1.54) is 29.3 Å². The summed E-state index contributed by atoms with van der Waals surface area (Å²) in [5.41, 5.74) is 1.83. The van der Waals surface area contributed by atoms with Gasteiger partial charge in [-0.3, -0.25) is 0 Å². The molecule has 0 radical (unpaired) electrons. The fraction of sp³-hybridized carbons (Fsp3) is 0.533. The van der Waals surface area contributed by atoms with Gasteiger partial charge in [0.2, 0.25) is 0 Å². The van der Waals surface area contributed by atoms with Crippen LogP contribution in [0.1, 0.15) is 44.1 Å². The minimum atomic E-state index is 0.0169. The van der Waals surface area contributed by atoms with Crippen molar-refractivity contribution in [1.82, 2.24) is 0 Å². The molecule has 3 aliphatic carbocycles. The Labute approximate surface area is 111 Å². The van der Waals surface area contributed by atoms with Crippen LogP contribution in [0.3, 0.4) is 0 Å². The fourth-order valence-corrected chi connectivity index (χ4v) is 4.35. The second-order valence-corrected chi connectivity index (χ2v) is 6.51. The van der Waals surface area contributed by atoms with Gasteiger partial charge in [0.05, 0.1) is 11.5 Å². The summed E-state index contributed by atoms with van der Waals surface area (Å²) in [7, 11) is 0. The summed E-state index contributed by atoms with van der Waals surface area (Å²) >= 11 is 3.69. The third-order valence-corrected chi connectivity index (χ3v) is 5.62. The molecule has 0 amide bonds. The van der Waals surface area contributed by atoms with E-state index in [1.807, 2.05) is 0 Å². The molecule has 3 fully saturated rings. The van der Waals surface area contributed by atoms with E-state index in [0.717, 1.165) is 19.3 Å². The van der Waals surface area contributed by atoms with Gasteiger partial charge >= 0.3 is 0 Å². The first-order chi connectivity index (χ1) is 8.20. The van der Waals surface area contributed by atoms with E-state index >= 15 is 0 Å². The summed E-state index contributed by atoms with van der Waals surface area (Å²) in [5.74, 6) is 0. The highest BCUT2D eigenvalue weighted by Gasteiger charge is 2.49. The normalized spacial score (nSPS) is 35.5. The predicted octanol–water partition coefficient (Wildman–Crippen LogP) is 4.56. The summed E-state index contributed by atoms with van der Waals surface area (Å²) in [5, 5.41) is 9.32. The Balaban J connectivity index is 1.97. The van der Waals surface area contributed by atoms with Crippen molar-refractivity contribution in [2.45, 2.75) is 43.9 Å². The van der Waals surface area contributed by atoms with Crippen LogP contribution in [-0.4, -0.2) is 0 Å². The molecule has 0 aliphatic heterocycles. The molecule has 2 bridgehead atoms. The number of benzene rings is 1. The SMILES string of the molecule is N#CC12CCC(c3ccccc3Br)(CC1)CC2. The molecule has 1 aromatic carbocycles. The Hall–Kier alpha value is -0.810. The lowest BCUT2D eigenvalue weighted by molar-refractivity contribution is 0.0844. The number of rotatable bonds is 1. The summed E-state index contributed by atoms with van der Waals surface area (Å²) in [6, 6.07) is 11.2. The molecular formula is C15H16BrN. The zero-order valence-corrected chi connectivity index (χ0v) is 11.5. The average molecular weight is 290 g/mol. The molecule has 4 rings (SSSR count). The molecule has 1 nitrogen and oxygen atoms in total. The minimum Gasteiger partial charge on any atom is -0.198 e. The monoisotopic (exact) mass is 289 g/mol. The topological polar surface area (TPSA) is 23.8 Å². The largest absolute Gasteiger partial charge is 0.198 e. The van der Waals surface area contributed by atoms with Crippen molar-refractivity contribution in [2.24, 2.45) is 5.41 Å². The summed E-state index contributed by atoms with van der Waals surface area (Å²) < 4.78 is 1.24. The Morgan fingerprint density at radius 1 is 1.00 bits per heavy atom. The van der Waals surface area contributed by atoms with Crippen molar-refractivity contribution >= 4 is 15.9 Å². The van der Waals surface area contributed by atoms with Gasteiger partial charge in [-0.2, -0.15) is 5.26 Å². The van der Waals surface area contributed by atoms with E-state index in [9.17, 15) is 5.26 Å². The van der Waals surface area contributed by atoms with Gasteiger partial charge in [-0.05, 0) is 55.6 Å². The number of fused-ring (bicyclic) bond motifs is 3. The van der Waals surface area contributed by atoms with Crippen molar-refractivity contribution in [2.75, 3.05) is 0 Å². The van der Waals surface area contributed by atoms with Gasteiger partial charge in [0, 0.05) is 4.47 Å². The van der Waals surface area contributed by atoms with E-state index in [2.05, 4.69) is 46.3 Å². The first-order valence-electron chi connectivity index (χ1n) is 6.36. The van der Waals surface area contributed by atoms with Gasteiger partial charge in [0.25, 0.3) is 0 Å². The average Bonchev–Trinajstić information content (AvgIpc) is 2.41. The van der Waals surface area contributed by atoms with Crippen molar-refractivity contribution < 1.29 is 0 Å².